The summed E-state index contributed by atoms with van der Waals surface area (Å²) >= 11 is 0. The van der Waals surface area contributed by atoms with E-state index in [0.29, 0.717) is 18.8 Å². The van der Waals surface area contributed by atoms with Gasteiger partial charge >= 0.3 is 0 Å². The Labute approximate surface area is 115 Å². The van der Waals surface area contributed by atoms with Gasteiger partial charge in [-0.05, 0) is 44.7 Å². The quantitative estimate of drug-likeness (QED) is 0.762. The van der Waals surface area contributed by atoms with E-state index >= 15 is 0 Å². The van der Waals surface area contributed by atoms with Crippen molar-refractivity contribution in [2.75, 3.05) is 26.2 Å². The number of carbonyl (C=O) groups excluding carboxylic acids is 2. The normalized spacial score (nSPS) is 24.3. The van der Waals surface area contributed by atoms with Gasteiger partial charge in [0.2, 0.25) is 11.8 Å². The highest BCUT2D eigenvalue weighted by Crippen LogP contribution is 2.16. The molecule has 108 valence electrons. The number of nitrogens with zero attached hydrogens (tertiary/aromatic N) is 1. The monoisotopic (exact) mass is 267 g/mol. The van der Waals surface area contributed by atoms with E-state index < -0.39 is 0 Å². The first kappa shape index (κ1) is 14.3. The first-order valence-corrected chi connectivity index (χ1v) is 7.49. The van der Waals surface area contributed by atoms with E-state index in [-0.39, 0.29) is 17.9 Å². The van der Waals surface area contributed by atoms with Crippen molar-refractivity contribution in [3.8, 4) is 0 Å². The van der Waals surface area contributed by atoms with Crippen molar-refractivity contribution in [1.82, 2.24) is 15.5 Å². The van der Waals surface area contributed by atoms with Gasteiger partial charge in [-0.25, -0.2) is 0 Å². The van der Waals surface area contributed by atoms with E-state index in [2.05, 4.69) is 17.6 Å². The maximum absolute atomic E-state index is 12.5. The summed E-state index contributed by atoms with van der Waals surface area (Å²) in [4.78, 5) is 25.7. The van der Waals surface area contributed by atoms with Gasteiger partial charge in [-0.15, -0.1) is 0 Å². The summed E-state index contributed by atoms with van der Waals surface area (Å²) in [6.45, 7) is 5.85. The molecule has 19 heavy (non-hydrogen) atoms. The van der Waals surface area contributed by atoms with Crippen LogP contribution in [0, 0.1) is 5.92 Å². The van der Waals surface area contributed by atoms with Crippen LogP contribution >= 0.6 is 0 Å². The molecule has 0 aromatic rings. The minimum absolute atomic E-state index is 0.0108. The Morgan fingerprint density at radius 2 is 2.05 bits per heavy atom. The zero-order chi connectivity index (χ0) is 13.7. The molecule has 5 heteroatoms. The molecule has 0 aromatic carbocycles. The summed E-state index contributed by atoms with van der Waals surface area (Å²) in [6.07, 6.45) is 4.40. The van der Waals surface area contributed by atoms with Gasteiger partial charge in [-0.3, -0.25) is 9.59 Å². The second-order valence-corrected chi connectivity index (χ2v) is 5.64. The van der Waals surface area contributed by atoms with Gasteiger partial charge in [0.1, 0.15) is 6.04 Å². The van der Waals surface area contributed by atoms with E-state index in [1.165, 1.54) is 0 Å². The van der Waals surface area contributed by atoms with Crippen molar-refractivity contribution in [2.24, 2.45) is 5.92 Å². The number of hydrogen-bond acceptors (Lipinski definition) is 3. The minimum Gasteiger partial charge on any atom is -0.344 e. The summed E-state index contributed by atoms with van der Waals surface area (Å²) in [5.41, 5.74) is 0. The third-order valence-corrected chi connectivity index (χ3v) is 4.04. The molecular formula is C14H25N3O2. The summed E-state index contributed by atoms with van der Waals surface area (Å²) in [5, 5.41) is 6.14. The molecule has 2 aliphatic rings. The van der Waals surface area contributed by atoms with Gasteiger partial charge in [0.25, 0.3) is 0 Å². The Hall–Kier alpha value is -1.10. The van der Waals surface area contributed by atoms with Crippen LogP contribution in [0.4, 0.5) is 0 Å². The molecule has 5 nitrogen and oxygen atoms in total. The Balaban J connectivity index is 1.90. The van der Waals surface area contributed by atoms with Gasteiger partial charge in [-0.1, -0.05) is 6.92 Å². The maximum atomic E-state index is 12.5. The lowest BCUT2D eigenvalue weighted by Crippen LogP contribution is -2.47. The highest BCUT2D eigenvalue weighted by atomic mass is 16.2. The molecule has 0 aromatic heterocycles. The average Bonchev–Trinajstić information content (AvgIpc) is 2.85. The van der Waals surface area contributed by atoms with E-state index in [0.717, 1.165) is 45.4 Å². The molecular weight excluding hydrogens is 242 g/mol. The first-order valence-electron chi connectivity index (χ1n) is 7.49. The van der Waals surface area contributed by atoms with Crippen molar-refractivity contribution in [3.63, 3.8) is 0 Å². The third-order valence-electron chi connectivity index (χ3n) is 4.04. The summed E-state index contributed by atoms with van der Waals surface area (Å²) in [6, 6.07) is -0.277. The highest BCUT2D eigenvalue weighted by molar-refractivity contribution is 5.90. The number of hydrogen-bond donors (Lipinski definition) is 2. The zero-order valence-corrected chi connectivity index (χ0v) is 11.8. The van der Waals surface area contributed by atoms with E-state index in [9.17, 15) is 9.59 Å². The van der Waals surface area contributed by atoms with Crippen LogP contribution in [-0.4, -0.2) is 48.9 Å². The molecule has 2 amide bonds. The maximum Gasteiger partial charge on any atom is 0.245 e. The molecule has 2 N–H and O–H groups in total. The third kappa shape index (κ3) is 3.93. The highest BCUT2D eigenvalue weighted by Gasteiger charge is 2.31. The van der Waals surface area contributed by atoms with Crippen LogP contribution in [0.1, 0.15) is 39.0 Å². The summed E-state index contributed by atoms with van der Waals surface area (Å²) < 4.78 is 0. The van der Waals surface area contributed by atoms with Crippen LogP contribution in [0.3, 0.4) is 0 Å². The van der Waals surface area contributed by atoms with Gasteiger partial charge < -0.3 is 15.5 Å². The largest absolute Gasteiger partial charge is 0.344 e. The summed E-state index contributed by atoms with van der Waals surface area (Å²) in [5.74, 6) is 0.733. The van der Waals surface area contributed by atoms with Crippen LogP contribution in [-0.2, 0) is 9.59 Å². The smallest absolute Gasteiger partial charge is 0.245 e. The standard InChI is InChI=1S/C14H25N3O2/c1-2-9-17(10-11-5-7-15-8-6-11)14(19)12-3-4-13(18)16-12/h11-12,15H,2-10H2,1H3,(H,16,18)/t12-/m1/s1. The second kappa shape index (κ2) is 6.89. The van der Waals surface area contributed by atoms with E-state index in [1.807, 2.05) is 4.90 Å². The zero-order valence-electron chi connectivity index (χ0n) is 11.8. The molecule has 0 bridgehead atoms. The molecule has 2 rings (SSSR count). The van der Waals surface area contributed by atoms with Crippen LogP contribution < -0.4 is 10.6 Å². The predicted octanol–water partition coefficient (Wildman–Crippen LogP) is 0.503. The van der Waals surface area contributed by atoms with Crippen LogP contribution in [0.2, 0.25) is 0 Å². The summed E-state index contributed by atoms with van der Waals surface area (Å²) in [7, 11) is 0. The molecule has 2 fully saturated rings. The van der Waals surface area contributed by atoms with Gasteiger partial charge in [0.05, 0.1) is 0 Å². The topological polar surface area (TPSA) is 61.4 Å². The SMILES string of the molecule is CCCN(CC1CCNCC1)C(=O)[C@H]1CCC(=O)N1. The lowest BCUT2D eigenvalue weighted by molar-refractivity contribution is -0.135. The molecule has 0 radical (unpaired) electrons. The first-order chi connectivity index (χ1) is 9.20. The molecule has 0 spiro atoms. The molecule has 1 atom stereocenters. The second-order valence-electron chi connectivity index (χ2n) is 5.64. The Bertz CT molecular complexity index is 327. The molecule has 2 heterocycles. The van der Waals surface area contributed by atoms with Crippen LogP contribution in [0.15, 0.2) is 0 Å². The lowest BCUT2D eigenvalue weighted by Gasteiger charge is -2.31. The molecule has 0 aliphatic carbocycles. The molecule has 2 saturated heterocycles. The van der Waals surface area contributed by atoms with Gasteiger partial charge in [-0.2, -0.15) is 0 Å². The minimum atomic E-state index is -0.277. The average molecular weight is 267 g/mol. The fourth-order valence-electron chi connectivity index (χ4n) is 2.96. The van der Waals surface area contributed by atoms with Gasteiger partial charge in [0.15, 0.2) is 0 Å². The molecule has 0 unspecified atom stereocenters. The van der Waals surface area contributed by atoms with E-state index in [4.69, 9.17) is 0 Å². The van der Waals surface area contributed by atoms with E-state index in [1.54, 1.807) is 0 Å². The number of rotatable bonds is 5. The number of nitrogens with one attached hydrogen (secondary N) is 2. The number of amides is 2. The van der Waals surface area contributed by atoms with Crippen molar-refractivity contribution in [1.29, 1.82) is 0 Å². The Kier molecular flexibility index (Phi) is 5.19. The Morgan fingerprint density at radius 3 is 2.63 bits per heavy atom. The molecule has 2 aliphatic heterocycles. The van der Waals surface area contributed by atoms with Crippen molar-refractivity contribution in [2.45, 2.75) is 45.1 Å². The van der Waals surface area contributed by atoms with Gasteiger partial charge in [0, 0.05) is 19.5 Å². The van der Waals surface area contributed by atoms with Crippen molar-refractivity contribution < 1.29 is 9.59 Å². The predicted molar refractivity (Wildman–Crippen MR) is 73.6 cm³/mol. The molecule has 0 saturated carbocycles. The fraction of sp³-hybridized carbons (Fsp3) is 0.857. The van der Waals surface area contributed by atoms with Crippen molar-refractivity contribution in [3.05, 3.63) is 0 Å². The van der Waals surface area contributed by atoms with Crippen molar-refractivity contribution >= 4 is 11.8 Å². The van der Waals surface area contributed by atoms with Crippen LogP contribution in [0.5, 0.6) is 0 Å². The Morgan fingerprint density at radius 1 is 1.32 bits per heavy atom. The fourth-order valence-corrected chi connectivity index (χ4v) is 2.96. The lowest BCUT2D eigenvalue weighted by atomic mass is 9.97. The van der Waals surface area contributed by atoms with Crippen LogP contribution in [0.25, 0.3) is 0 Å². The number of piperidine rings is 1. The number of carbonyl (C=O) groups is 2.